The van der Waals surface area contributed by atoms with Crippen molar-refractivity contribution in [1.82, 2.24) is 14.5 Å². The van der Waals surface area contributed by atoms with Gasteiger partial charge in [-0.2, -0.15) is 18.2 Å². The van der Waals surface area contributed by atoms with Crippen LogP contribution in [-0.2, 0) is 4.79 Å². The van der Waals surface area contributed by atoms with Crippen LogP contribution in [0, 0.1) is 12.8 Å². The van der Waals surface area contributed by atoms with Gasteiger partial charge < -0.3 is 20.4 Å². The van der Waals surface area contributed by atoms with Crippen LogP contribution in [0.2, 0.25) is 0 Å². The van der Waals surface area contributed by atoms with Gasteiger partial charge in [-0.15, -0.1) is 0 Å². The Bertz CT molecular complexity index is 1380. The highest BCUT2D eigenvalue weighted by molar-refractivity contribution is 5.79. The van der Waals surface area contributed by atoms with Crippen molar-refractivity contribution in [3.05, 3.63) is 52.4 Å². The second kappa shape index (κ2) is 13.3. The second-order valence-corrected chi connectivity index (χ2v) is 10.7. The monoisotopic (exact) mass is 575 g/mol. The highest BCUT2D eigenvalue weighted by atomic mass is 19.4. The summed E-state index contributed by atoms with van der Waals surface area (Å²) in [5.74, 6) is -1.51. The Kier molecular flexibility index (Phi) is 9.85. The summed E-state index contributed by atoms with van der Waals surface area (Å²) in [4.78, 5) is 33.5. The van der Waals surface area contributed by atoms with Gasteiger partial charge in [0.15, 0.2) is 0 Å². The molecule has 0 unspecified atom stereocenters. The minimum absolute atomic E-state index is 0.0334. The molecule has 1 saturated carbocycles. The zero-order chi connectivity index (χ0) is 29.6. The van der Waals surface area contributed by atoms with Gasteiger partial charge in [-0.1, -0.05) is 12.8 Å². The number of anilines is 3. The Balaban J connectivity index is 0.000000493. The lowest BCUT2D eigenvalue weighted by molar-refractivity contribution is -0.192. The molecule has 2 aliphatic rings. The van der Waals surface area contributed by atoms with E-state index < -0.39 is 12.1 Å². The van der Waals surface area contributed by atoms with Gasteiger partial charge >= 0.3 is 12.1 Å². The predicted molar refractivity (Wildman–Crippen MR) is 151 cm³/mol. The highest BCUT2D eigenvalue weighted by Gasteiger charge is 2.38. The first-order chi connectivity index (χ1) is 19.6. The van der Waals surface area contributed by atoms with Crippen LogP contribution >= 0.6 is 0 Å². The summed E-state index contributed by atoms with van der Waals surface area (Å²) in [6, 6.07) is 10.4. The van der Waals surface area contributed by atoms with Crippen molar-refractivity contribution in [3.8, 4) is 0 Å². The Labute approximate surface area is 236 Å². The van der Waals surface area contributed by atoms with Crippen molar-refractivity contribution in [2.45, 2.75) is 70.5 Å². The Morgan fingerprint density at radius 1 is 1.10 bits per heavy atom. The van der Waals surface area contributed by atoms with Crippen molar-refractivity contribution in [1.29, 1.82) is 0 Å². The largest absolute Gasteiger partial charge is 0.490 e. The van der Waals surface area contributed by atoms with Gasteiger partial charge in [-0.05, 0) is 81.2 Å². The van der Waals surface area contributed by atoms with Crippen molar-refractivity contribution in [2.24, 2.45) is 5.92 Å². The minimum atomic E-state index is -5.08. The molecular weight excluding hydrogens is 539 g/mol. The first-order valence-corrected chi connectivity index (χ1v) is 14.0. The van der Waals surface area contributed by atoms with E-state index in [1.54, 1.807) is 6.07 Å². The van der Waals surface area contributed by atoms with Crippen LogP contribution in [0.3, 0.4) is 0 Å². The number of alkyl halides is 3. The summed E-state index contributed by atoms with van der Waals surface area (Å²) in [7, 11) is 0. The zero-order valence-corrected chi connectivity index (χ0v) is 23.0. The van der Waals surface area contributed by atoms with Crippen LogP contribution in [0.4, 0.5) is 30.5 Å². The van der Waals surface area contributed by atoms with E-state index in [1.807, 2.05) is 17.7 Å². The first kappa shape index (κ1) is 30.3. The number of halogens is 3. The van der Waals surface area contributed by atoms with Gasteiger partial charge in [-0.25, -0.2) is 9.78 Å². The minimum Gasteiger partial charge on any atom is -0.475 e. The molecule has 0 radical (unpaired) electrons. The van der Waals surface area contributed by atoms with Crippen LogP contribution in [0.15, 0.2) is 41.3 Å². The quantitative estimate of drug-likeness (QED) is 0.334. The van der Waals surface area contributed by atoms with Gasteiger partial charge in [0.25, 0.3) is 5.56 Å². The molecule has 1 aliphatic carbocycles. The van der Waals surface area contributed by atoms with Crippen LogP contribution in [0.5, 0.6) is 0 Å². The number of fused-ring (bicyclic) bond motifs is 1. The number of aromatic nitrogens is 3. The third kappa shape index (κ3) is 7.75. The molecule has 5 rings (SSSR count). The Morgan fingerprint density at radius 3 is 2.32 bits per heavy atom. The van der Waals surface area contributed by atoms with Crippen LogP contribution in [0.25, 0.3) is 11.0 Å². The van der Waals surface area contributed by atoms with Crippen molar-refractivity contribution in [3.63, 3.8) is 0 Å². The number of pyridine rings is 1. The third-order valence-corrected chi connectivity index (χ3v) is 7.81. The Hall–Kier alpha value is -3.67. The molecule has 1 aromatic carbocycles. The fourth-order valence-corrected chi connectivity index (χ4v) is 5.59. The van der Waals surface area contributed by atoms with Crippen LogP contribution < -0.4 is 15.8 Å². The van der Waals surface area contributed by atoms with E-state index in [4.69, 9.17) is 20.0 Å². The molecule has 3 heterocycles. The van der Waals surface area contributed by atoms with Gasteiger partial charge in [-0.3, -0.25) is 9.36 Å². The number of rotatable bonds is 7. The van der Waals surface area contributed by atoms with E-state index >= 15 is 0 Å². The molecule has 0 bridgehead atoms. The maximum Gasteiger partial charge on any atom is 0.490 e. The molecule has 3 N–H and O–H groups in total. The highest BCUT2D eigenvalue weighted by Crippen LogP contribution is 2.31. The van der Waals surface area contributed by atoms with Crippen LogP contribution in [0.1, 0.15) is 63.0 Å². The number of hydrogen-bond acceptors (Lipinski definition) is 7. The zero-order valence-electron chi connectivity index (χ0n) is 23.0. The molecule has 3 aromatic rings. The molecule has 0 spiro atoms. The van der Waals surface area contributed by atoms with E-state index in [1.165, 1.54) is 18.5 Å². The van der Waals surface area contributed by atoms with Gasteiger partial charge in [0, 0.05) is 54.8 Å². The first-order valence-electron chi connectivity index (χ1n) is 14.0. The molecule has 12 heteroatoms. The topological polar surface area (TPSA) is 121 Å². The number of nitrogens with one attached hydrogen (secondary N) is 1. The van der Waals surface area contributed by atoms with E-state index in [0.717, 1.165) is 79.8 Å². The fraction of sp³-hybridized carbons (Fsp3) is 0.517. The van der Waals surface area contributed by atoms with Gasteiger partial charge in [0.2, 0.25) is 5.95 Å². The summed E-state index contributed by atoms with van der Waals surface area (Å²) in [5, 5.41) is 20.5. The number of benzene rings is 1. The molecule has 1 saturated heterocycles. The number of hydrogen-bond donors (Lipinski definition) is 3. The summed E-state index contributed by atoms with van der Waals surface area (Å²) < 4.78 is 33.6. The maximum absolute atomic E-state index is 12.8. The SMILES string of the molecule is Cc1cc(=O)n(C2CCCC2)c2nc(Nc3ccc(N4CCC(CCCO)CC4)cc3)ncc12.O=C(O)C(F)(F)F. The average molecular weight is 576 g/mol. The number of carbonyl (C=O) groups is 1. The van der Waals surface area contributed by atoms with E-state index in [2.05, 4.69) is 39.5 Å². The maximum atomic E-state index is 12.8. The number of piperidine rings is 1. The summed E-state index contributed by atoms with van der Waals surface area (Å²) >= 11 is 0. The number of carboxylic acids is 1. The third-order valence-electron chi connectivity index (χ3n) is 7.81. The molecule has 0 atom stereocenters. The Morgan fingerprint density at radius 2 is 1.73 bits per heavy atom. The molecule has 222 valence electrons. The lowest BCUT2D eigenvalue weighted by Gasteiger charge is -2.33. The predicted octanol–water partition coefficient (Wildman–Crippen LogP) is 5.58. The number of aryl methyl sites for hydroxylation is 1. The van der Waals surface area contributed by atoms with E-state index in [0.29, 0.717) is 12.6 Å². The number of aliphatic hydroxyl groups is 1. The van der Waals surface area contributed by atoms with Crippen molar-refractivity contribution < 1.29 is 28.2 Å². The fourth-order valence-electron chi connectivity index (χ4n) is 5.59. The summed E-state index contributed by atoms with van der Waals surface area (Å²) in [5.41, 5.74) is 3.85. The van der Waals surface area contributed by atoms with Crippen molar-refractivity contribution in [2.75, 3.05) is 29.9 Å². The molecule has 2 fully saturated rings. The number of aliphatic carboxylic acids is 1. The number of aliphatic hydroxyl groups excluding tert-OH is 1. The lowest BCUT2D eigenvalue weighted by Crippen LogP contribution is -2.33. The average Bonchev–Trinajstić information content (AvgIpc) is 3.47. The van der Waals surface area contributed by atoms with E-state index in [9.17, 15) is 18.0 Å². The number of nitrogens with zero attached hydrogens (tertiary/aromatic N) is 4. The molecular formula is C29H36F3N5O4. The lowest BCUT2D eigenvalue weighted by atomic mass is 9.92. The molecule has 0 amide bonds. The molecule has 2 aromatic heterocycles. The van der Waals surface area contributed by atoms with Crippen LogP contribution in [-0.4, -0.2) is 56.6 Å². The van der Waals surface area contributed by atoms with Gasteiger partial charge in [0.1, 0.15) is 5.65 Å². The van der Waals surface area contributed by atoms with Gasteiger partial charge in [0.05, 0.1) is 0 Å². The molecule has 1 aliphatic heterocycles. The molecule has 41 heavy (non-hydrogen) atoms. The van der Waals surface area contributed by atoms with E-state index in [-0.39, 0.29) is 11.6 Å². The molecule has 9 nitrogen and oxygen atoms in total. The van der Waals surface area contributed by atoms with Crippen molar-refractivity contribution >= 4 is 34.3 Å². The number of carboxylic acid groups (broad SMARTS) is 1. The second-order valence-electron chi connectivity index (χ2n) is 10.7. The summed E-state index contributed by atoms with van der Waals surface area (Å²) in [6.07, 6.45) is 5.56. The smallest absolute Gasteiger partial charge is 0.475 e. The summed E-state index contributed by atoms with van der Waals surface area (Å²) in [6.45, 7) is 4.38. The standard InChI is InChI=1S/C27H35N5O2.C2HF3O2/c1-19-17-25(34)32(23-6-2-3-7-23)26-24(19)18-28-27(30-26)29-21-8-10-22(11-9-21)31-14-12-20(13-15-31)5-4-16-33;3-2(4,5)1(6)7/h8-11,17-18,20,23,33H,2-7,12-16H2,1H3,(H,28,29,30);(H,6,7). The normalized spacial score (nSPS) is 16.5.